The normalized spacial score (nSPS) is 28.6. The summed E-state index contributed by atoms with van der Waals surface area (Å²) in [7, 11) is 0. The smallest absolute Gasteiger partial charge is 0.319 e. The third kappa shape index (κ3) is 3.93. The number of urea groups is 1. The van der Waals surface area contributed by atoms with Gasteiger partial charge in [-0.15, -0.1) is 0 Å². The molecule has 5 unspecified atom stereocenters. The van der Waals surface area contributed by atoms with Crippen molar-refractivity contribution in [3.8, 4) is 0 Å². The maximum atomic E-state index is 12.2. The lowest BCUT2D eigenvalue weighted by Crippen LogP contribution is -2.41. The lowest BCUT2D eigenvalue weighted by molar-refractivity contribution is 0.129. The Hall–Kier alpha value is -2.49. The summed E-state index contributed by atoms with van der Waals surface area (Å²) >= 11 is 0. The molecule has 0 spiro atoms. The molecule has 1 aliphatic heterocycles. The Labute approximate surface area is 186 Å². The van der Waals surface area contributed by atoms with Crippen molar-refractivity contribution in [1.82, 2.24) is 5.32 Å². The molecule has 2 aromatic rings. The van der Waals surface area contributed by atoms with Crippen molar-refractivity contribution in [2.75, 3.05) is 17.2 Å². The molecule has 2 amide bonds. The molecule has 4 heteroatoms. The van der Waals surface area contributed by atoms with Gasteiger partial charge in [-0.3, -0.25) is 0 Å². The van der Waals surface area contributed by atoms with Crippen molar-refractivity contribution in [2.24, 2.45) is 17.8 Å². The van der Waals surface area contributed by atoms with Crippen molar-refractivity contribution in [2.45, 2.75) is 64.3 Å². The number of carbonyl (C=O) groups is 1. The van der Waals surface area contributed by atoms with Gasteiger partial charge in [0.15, 0.2) is 0 Å². The summed E-state index contributed by atoms with van der Waals surface area (Å²) in [5, 5.41) is 9.89. The molecule has 5 rings (SSSR count). The van der Waals surface area contributed by atoms with Crippen LogP contribution in [-0.4, -0.2) is 12.6 Å². The highest BCUT2D eigenvalue weighted by Crippen LogP contribution is 2.59. The van der Waals surface area contributed by atoms with E-state index in [-0.39, 0.29) is 6.03 Å². The fourth-order valence-electron chi connectivity index (χ4n) is 6.49. The van der Waals surface area contributed by atoms with E-state index in [9.17, 15) is 4.79 Å². The maximum Gasteiger partial charge on any atom is 0.319 e. The first kappa shape index (κ1) is 20.4. The zero-order valence-corrected chi connectivity index (χ0v) is 18.8. The van der Waals surface area contributed by atoms with Gasteiger partial charge in [0.1, 0.15) is 0 Å². The highest BCUT2D eigenvalue weighted by Gasteiger charge is 2.48. The van der Waals surface area contributed by atoms with Crippen molar-refractivity contribution >= 4 is 17.4 Å². The highest BCUT2D eigenvalue weighted by molar-refractivity contribution is 5.89. The molecule has 3 aliphatic rings. The summed E-state index contributed by atoms with van der Waals surface area (Å²) < 4.78 is 0. The lowest BCUT2D eigenvalue weighted by atomic mass is 9.60. The van der Waals surface area contributed by atoms with Crippen LogP contribution in [0, 0.1) is 24.7 Å². The second kappa shape index (κ2) is 8.57. The van der Waals surface area contributed by atoms with Gasteiger partial charge in [0.2, 0.25) is 0 Å². The first-order chi connectivity index (χ1) is 15.1. The minimum Gasteiger partial charge on any atom is -0.378 e. The summed E-state index contributed by atoms with van der Waals surface area (Å²) in [6, 6.07) is 15.8. The summed E-state index contributed by atoms with van der Waals surface area (Å²) in [4.78, 5) is 12.2. The Morgan fingerprint density at radius 2 is 1.90 bits per heavy atom. The van der Waals surface area contributed by atoms with Gasteiger partial charge in [-0.1, -0.05) is 49.6 Å². The van der Waals surface area contributed by atoms with E-state index in [1.807, 2.05) is 6.07 Å². The summed E-state index contributed by atoms with van der Waals surface area (Å²) in [5.74, 6) is 2.87. The first-order valence-electron chi connectivity index (χ1n) is 12.2. The molecule has 4 nitrogen and oxygen atoms in total. The monoisotopic (exact) mass is 417 g/mol. The van der Waals surface area contributed by atoms with Crippen LogP contribution in [0.2, 0.25) is 0 Å². The molecule has 0 aromatic heterocycles. The molecule has 2 saturated carbocycles. The van der Waals surface area contributed by atoms with Gasteiger partial charge in [-0.05, 0) is 85.6 Å². The van der Waals surface area contributed by atoms with E-state index in [0.29, 0.717) is 24.4 Å². The van der Waals surface area contributed by atoms with Crippen LogP contribution in [0.15, 0.2) is 42.5 Å². The Balaban J connectivity index is 1.48. The van der Waals surface area contributed by atoms with Gasteiger partial charge in [-0.25, -0.2) is 4.79 Å². The van der Waals surface area contributed by atoms with Gasteiger partial charge < -0.3 is 16.0 Å². The summed E-state index contributed by atoms with van der Waals surface area (Å²) in [6.07, 6.45) is 7.69. The van der Waals surface area contributed by atoms with Crippen molar-refractivity contribution in [3.63, 3.8) is 0 Å². The summed E-state index contributed by atoms with van der Waals surface area (Å²) in [6.45, 7) is 4.92. The molecule has 0 saturated heterocycles. The Morgan fingerprint density at radius 3 is 2.71 bits per heavy atom. The second-order valence-corrected chi connectivity index (χ2v) is 9.83. The number of rotatable bonds is 4. The van der Waals surface area contributed by atoms with E-state index in [1.165, 1.54) is 54.5 Å². The average molecular weight is 418 g/mol. The van der Waals surface area contributed by atoms with Gasteiger partial charge in [0.05, 0.1) is 6.04 Å². The van der Waals surface area contributed by atoms with Crippen LogP contribution in [0.4, 0.5) is 16.2 Å². The number of aryl methyl sites for hydroxylation is 1. The van der Waals surface area contributed by atoms with Crippen molar-refractivity contribution in [1.29, 1.82) is 0 Å². The SMILES string of the molecule is CCCNC(=O)Nc1ccc2c(c1)C1CCC3CCCC3C1C(c1ccc(C)cc1)N2. The van der Waals surface area contributed by atoms with Crippen LogP contribution < -0.4 is 16.0 Å². The van der Waals surface area contributed by atoms with Crippen molar-refractivity contribution in [3.05, 3.63) is 59.2 Å². The zero-order valence-electron chi connectivity index (χ0n) is 18.8. The molecule has 3 N–H and O–H groups in total. The van der Waals surface area contributed by atoms with Gasteiger partial charge in [-0.2, -0.15) is 0 Å². The predicted molar refractivity (Wildman–Crippen MR) is 128 cm³/mol. The number of hydrogen-bond acceptors (Lipinski definition) is 2. The standard InChI is InChI=1S/C27H35N3O/c1-3-15-28-27(31)29-20-12-14-24-23(16-20)22-13-11-18-5-4-6-21(18)25(22)26(30-24)19-9-7-17(2)8-10-19/h7-10,12,14,16,18,21-22,25-26,30H,3-6,11,13,15H2,1-2H3,(H2,28,29,31). The third-order valence-electron chi connectivity index (χ3n) is 7.90. The van der Waals surface area contributed by atoms with Gasteiger partial charge >= 0.3 is 6.03 Å². The van der Waals surface area contributed by atoms with Crippen LogP contribution in [0.3, 0.4) is 0 Å². The molecule has 2 aromatic carbocycles. The fraction of sp³-hybridized carbons (Fsp3) is 0.519. The van der Waals surface area contributed by atoms with E-state index in [1.54, 1.807) is 0 Å². The highest BCUT2D eigenvalue weighted by atomic mass is 16.2. The third-order valence-corrected chi connectivity index (χ3v) is 7.90. The van der Waals surface area contributed by atoms with Crippen molar-refractivity contribution < 1.29 is 4.79 Å². The number of benzene rings is 2. The van der Waals surface area contributed by atoms with E-state index in [0.717, 1.165) is 23.9 Å². The van der Waals surface area contributed by atoms with Crippen LogP contribution in [-0.2, 0) is 0 Å². The van der Waals surface area contributed by atoms with Crippen LogP contribution in [0.5, 0.6) is 0 Å². The van der Waals surface area contributed by atoms with E-state index >= 15 is 0 Å². The fourth-order valence-corrected chi connectivity index (χ4v) is 6.49. The Bertz CT molecular complexity index is 938. The molecule has 2 fully saturated rings. The van der Waals surface area contributed by atoms with E-state index < -0.39 is 0 Å². The number of hydrogen-bond donors (Lipinski definition) is 3. The molecular formula is C27H35N3O. The Kier molecular flexibility index (Phi) is 5.64. The second-order valence-electron chi connectivity index (χ2n) is 9.83. The number of amides is 2. The maximum absolute atomic E-state index is 12.2. The van der Waals surface area contributed by atoms with Crippen LogP contribution in [0.1, 0.15) is 74.1 Å². The van der Waals surface area contributed by atoms with Gasteiger partial charge in [0.25, 0.3) is 0 Å². The van der Waals surface area contributed by atoms with E-state index in [2.05, 4.69) is 66.2 Å². The van der Waals surface area contributed by atoms with Crippen LogP contribution >= 0.6 is 0 Å². The quantitative estimate of drug-likeness (QED) is 0.525. The minimum absolute atomic E-state index is 0.112. The van der Waals surface area contributed by atoms with E-state index in [4.69, 9.17) is 0 Å². The minimum atomic E-state index is -0.112. The number of carbonyl (C=O) groups excluding carboxylic acids is 1. The molecule has 5 atom stereocenters. The van der Waals surface area contributed by atoms with Gasteiger partial charge in [0, 0.05) is 17.9 Å². The largest absolute Gasteiger partial charge is 0.378 e. The molecule has 0 radical (unpaired) electrons. The molecule has 2 aliphatic carbocycles. The number of nitrogens with one attached hydrogen (secondary N) is 3. The molecule has 164 valence electrons. The number of anilines is 2. The Morgan fingerprint density at radius 1 is 1.06 bits per heavy atom. The predicted octanol–water partition coefficient (Wildman–Crippen LogP) is 6.60. The summed E-state index contributed by atoms with van der Waals surface area (Å²) in [5.41, 5.74) is 6.26. The lowest BCUT2D eigenvalue weighted by Gasteiger charge is -2.49. The zero-order chi connectivity index (χ0) is 21.4. The molecule has 0 bridgehead atoms. The molecule has 31 heavy (non-hydrogen) atoms. The average Bonchev–Trinajstić information content (AvgIpc) is 3.27. The topological polar surface area (TPSA) is 53.2 Å². The molecular weight excluding hydrogens is 382 g/mol. The molecule has 1 heterocycles. The first-order valence-corrected chi connectivity index (χ1v) is 12.2. The van der Waals surface area contributed by atoms with Crippen LogP contribution in [0.25, 0.3) is 0 Å². The number of fused-ring (bicyclic) bond motifs is 5.